The molecule has 1 saturated heterocycles. The maximum atomic E-state index is 12.3. The molecule has 1 fully saturated rings. The van der Waals surface area contributed by atoms with Gasteiger partial charge in [0.15, 0.2) is 0 Å². The number of thiophene rings is 1. The second-order valence-electron chi connectivity index (χ2n) is 5.76. The van der Waals surface area contributed by atoms with Crippen LogP contribution < -0.4 is 4.74 Å². The zero-order valence-corrected chi connectivity index (χ0v) is 14.2. The number of hydrogen-bond donors (Lipinski definition) is 0. The van der Waals surface area contributed by atoms with Gasteiger partial charge in [-0.3, -0.25) is 9.69 Å². The van der Waals surface area contributed by atoms with Gasteiger partial charge in [-0.25, -0.2) is 0 Å². The zero-order valence-electron chi connectivity index (χ0n) is 13.4. The molecule has 1 aromatic carbocycles. The Bertz CT molecular complexity index is 617. The molecule has 2 aromatic rings. The SMILES string of the molecule is COc1ccc(CN2CCN(C(=O)Cc3cccs3)CC2)cc1. The molecule has 0 spiro atoms. The molecule has 0 radical (unpaired) electrons. The standard InChI is InChI=1S/C18H22N2O2S/c1-22-16-6-4-15(5-7-16)14-19-8-10-20(11-9-19)18(21)13-17-3-2-12-23-17/h2-7,12H,8-11,13-14H2,1H3. The summed E-state index contributed by atoms with van der Waals surface area (Å²) < 4.78 is 5.19. The number of nitrogens with zero attached hydrogens (tertiary/aromatic N) is 2. The highest BCUT2D eigenvalue weighted by atomic mass is 32.1. The Morgan fingerprint density at radius 3 is 2.48 bits per heavy atom. The maximum Gasteiger partial charge on any atom is 0.227 e. The summed E-state index contributed by atoms with van der Waals surface area (Å²) in [5, 5.41) is 2.02. The van der Waals surface area contributed by atoms with Gasteiger partial charge in [0.1, 0.15) is 5.75 Å². The Labute approximate surface area is 141 Å². The smallest absolute Gasteiger partial charge is 0.227 e. The third-order valence-corrected chi connectivity index (χ3v) is 5.07. The van der Waals surface area contributed by atoms with Crippen molar-refractivity contribution in [1.29, 1.82) is 0 Å². The molecule has 1 aliphatic heterocycles. The Morgan fingerprint density at radius 2 is 1.87 bits per heavy atom. The average molecular weight is 330 g/mol. The van der Waals surface area contributed by atoms with E-state index in [-0.39, 0.29) is 5.91 Å². The molecule has 1 aromatic heterocycles. The van der Waals surface area contributed by atoms with Crippen LogP contribution in [0.15, 0.2) is 41.8 Å². The van der Waals surface area contributed by atoms with E-state index in [1.165, 1.54) is 5.56 Å². The van der Waals surface area contributed by atoms with Crippen molar-refractivity contribution in [2.24, 2.45) is 0 Å². The number of methoxy groups -OCH3 is 1. The number of carbonyl (C=O) groups is 1. The van der Waals surface area contributed by atoms with Crippen molar-refractivity contribution in [2.75, 3.05) is 33.3 Å². The molecular formula is C18H22N2O2S. The van der Waals surface area contributed by atoms with E-state index in [0.29, 0.717) is 6.42 Å². The summed E-state index contributed by atoms with van der Waals surface area (Å²) in [6.07, 6.45) is 0.538. The first-order chi connectivity index (χ1) is 11.2. The van der Waals surface area contributed by atoms with Gasteiger partial charge in [0.05, 0.1) is 13.5 Å². The molecule has 0 aliphatic carbocycles. The highest BCUT2D eigenvalue weighted by Gasteiger charge is 2.21. The molecule has 5 heteroatoms. The monoisotopic (exact) mass is 330 g/mol. The van der Waals surface area contributed by atoms with E-state index in [0.717, 1.165) is 43.4 Å². The number of ether oxygens (including phenoxy) is 1. The van der Waals surface area contributed by atoms with E-state index in [9.17, 15) is 4.79 Å². The van der Waals surface area contributed by atoms with Gasteiger partial charge in [-0.05, 0) is 29.1 Å². The van der Waals surface area contributed by atoms with Gasteiger partial charge >= 0.3 is 0 Å². The minimum absolute atomic E-state index is 0.247. The lowest BCUT2D eigenvalue weighted by Gasteiger charge is -2.34. The molecule has 23 heavy (non-hydrogen) atoms. The molecule has 0 unspecified atom stereocenters. The summed E-state index contributed by atoms with van der Waals surface area (Å²) >= 11 is 1.65. The van der Waals surface area contributed by atoms with Gasteiger partial charge in [0.25, 0.3) is 0 Å². The lowest BCUT2D eigenvalue weighted by molar-refractivity contribution is -0.132. The van der Waals surface area contributed by atoms with Crippen LogP contribution in [0.25, 0.3) is 0 Å². The Hall–Kier alpha value is -1.85. The lowest BCUT2D eigenvalue weighted by atomic mass is 10.2. The van der Waals surface area contributed by atoms with Gasteiger partial charge in [0, 0.05) is 37.6 Å². The van der Waals surface area contributed by atoms with Gasteiger partial charge in [0.2, 0.25) is 5.91 Å². The highest BCUT2D eigenvalue weighted by molar-refractivity contribution is 7.10. The summed E-state index contributed by atoms with van der Waals surface area (Å²) in [6.45, 7) is 4.43. The molecule has 0 bridgehead atoms. The number of amides is 1. The topological polar surface area (TPSA) is 32.8 Å². The van der Waals surface area contributed by atoms with E-state index in [1.54, 1.807) is 18.4 Å². The van der Waals surface area contributed by atoms with Crippen LogP contribution in [-0.4, -0.2) is 49.0 Å². The summed E-state index contributed by atoms with van der Waals surface area (Å²) in [7, 11) is 1.68. The Balaban J connectivity index is 1.47. The quantitative estimate of drug-likeness (QED) is 0.845. The molecule has 0 saturated carbocycles. The predicted octanol–water partition coefficient (Wildman–Crippen LogP) is 2.64. The highest BCUT2D eigenvalue weighted by Crippen LogP contribution is 2.15. The second-order valence-corrected chi connectivity index (χ2v) is 6.79. The van der Waals surface area contributed by atoms with Crippen molar-refractivity contribution < 1.29 is 9.53 Å². The minimum atomic E-state index is 0.247. The van der Waals surface area contributed by atoms with E-state index in [1.807, 2.05) is 34.5 Å². The first kappa shape index (κ1) is 16.0. The van der Waals surface area contributed by atoms with Crippen LogP contribution in [-0.2, 0) is 17.8 Å². The van der Waals surface area contributed by atoms with Crippen LogP contribution in [0.1, 0.15) is 10.4 Å². The van der Waals surface area contributed by atoms with Crippen LogP contribution >= 0.6 is 11.3 Å². The van der Waals surface area contributed by atoms with E-state index >= 15 is 0 Å². The lowest BCUT2D eigenvalue weighted by Crippen LogP contribution is -2.48. The van der Waals surface area contributed by atoms with Crippen LogP contribution in [0.3, 0.4) is 0 Å². The average Bonchev–Trinajstić information content (AvgIpc) is 3.09. The van der Waals surface area contributed by atoms with Gasteiger partial charge in [-0.15, -0.1) is 11.3 Å². The second kappa shape index (κ2) is 7.62. The van der Waals surface area contributed by atoms with E-state index in [4.69, 9.17) is 4.74 Å². The zero-order chi connectivity index (χ0) is 16.1. The first-order valence-electron chi connectivity index (χ1n) is 7.90. The summed E-state index contributed by atoms with van der Waals surface area (Å²) in [5.74, 6) is 1.13. The molecule has 0 atom stereocenters. The van der Waals surface area contributed by atoms with Crippen LogP contribution in [0.4, 0.5) is 0 Å². The van der Waals surface area contributed by atoms with Crippen molar-refractivity contribution in [2.45, 2.75) is 13.0 Å². The van der Waals surface area contributed by atoms with Crippen molar-refractivity contribution in [3.63, 3.8) is 0 Å². The van der Waals surface area contributed by atoms with Crippen molar-refractivity contribution >= 4 is 17.2 Å². The number of benzene rings is 1. The number of carbonyl (C=O) groups excluding carboxylic acids is 1. The molecule has 4 nitrogen and oxygen atoms in total. The third-order valence-electron chi connectivity index (χ3n) is 4.20. The van der Waals surface area contributed by atoms with Gasteiger partial charge in [-0.1, -0.05) is 18.2 Å². The third kappa shape index (κ3) is 4.33. The fourth-order valence-corrected chi connectivity index (χ4v) is 3.51. The molecule has 3 rings (SSSR count). The van der Waals surface area contributed by atoms with Crippen LogP contribution in [0.2, 0.25) is 0 Å². The van der Waals surface area contributed by atoms with Gasteiger partial charge < -0.3 is 9.64 Å². The maximum absolute atomic E-state index is 12.3. The molecule has 122 valence electrons. The van der Waals surface area contributed by atoms with Crippen LogP contribution in [0.5, 0.6) is 5.75 Å². The summed E-state index contributed by atoms with van der Waals surface area (Å²) in [4.78, 5) is 17.8. The van der Waals surface area contributed by atoms with Crippen molar-refractivity contribution in [3.8, 4) is 5.75 Å². The van der Waals surface area contributed by atoms with Crippen molar-refractivity contribution in [3.05, 3.63) is 52.2 Å². The predicted molar refractivity (Wildman–Crippen MR) is 92.9 cm³/mol. The molecule has 1 aliphatic rings. The fraction of sp³-hybridized carbons (Fsp3) is 0.389. The van der Waals surface area contributed by atoms with E-state index in [2.05, 4.69) is 17.0 Å². The summed E-state index contributed by atoms with van der Waals surface area (Å²) in [6, 6.07) is 12.2. The van der Waals surface area contributed by atoms with Gasteiger partial charge in [-0.2, -0.15) is 0 Å². The molecule has 1 amide bonds. The van der Waals surface area contributed by atoms with E-state index < -0.39 is 0 Å². The summed E-state index contributed by atoms with van der Waals surface area (Å²) in [5.41, 5.74) is 1.28. The number of piperazine rings is 1. The first-order valence-corrected chi connectivity index (χ1v) is 8.78. The fourth-order valence-electron chi connectivity index (χ4n) is 2.82. The normalized spacial score (nSPS) is 15.6. The minimum Gasteiger partial charge on any atom is -0.497 e. The Kier molecular flexibility index (Phi) is 5.31. The van der Waals surface area contributed by atoms with Crippen molar-refractivity contribution in [1.82, 2.24) is 9.80 Å². The number of rotatable bonds is 5. The van der Waals surface area contributed by atoms with Crippen LogP contribution in [0, 0.1) is 0 Å². The molecular weight excluding hydrogens is 308 g/mol. The Morgan fingerprint density at radius 1 is 1.13 bits per heavy atom. The largest absolute Gasteiger partial charge is 0.497 e. The number of hydrogen-bond acceptors (Lipinski definition) is 4. The molecule has 2 heterocycles. The molecule has 0 N–H and O–H groups in total.